The highest BCUT2D eigenvalue weighted by atomic mass is 16.5. The fourth-order valence-corrected chi connectivity index (χ4v) is 1.82. The van der Waals surface area contributed by atoms with Crippen LogP contribution >= 0.6 is 0 Å². The summed E-state index contributed by atoms with van der Waals surface area (Å²) >= 11 is 0. The fraction of sp³-hybridized carbons (Fsp3) is 0.545. The first kappa shape index (κ1) is 11.2. The standard InChI is InChI=1S/C11H15NO4/c13-11(14)9-3-5-16-10(9)7-12-6-8-2-1-4-15-8/h3,5,8,12H,1-2,4,6-7H2,(H,13,14). The summed E-state index contributed by atoms with van der Waals surface area (Å²) in [6.07, 6.45) is 3.82. The molecule has 88 valence electrons. The highest BCUT2D eigenvalue weighted by Crippen LogP contribution is 2.12. The molecule has 2 N–H and O–H groups in total. The summed E-state index contributed by atoms with van der Waals surface area (Å²) in [4.78, 5) is 10.8. The quantitative estimate of drug-likeness (QED) is 0.789. The maximum absolute atomic E-state index is 10.8. The van der Waals surface area contributed by atoms with E-state index in [1.54, 1.807) is 0 Å². The van der Waals surface area contributed by atoms with Crippen LogP contribution in [0.1, 0.15) is 29.0 Å². The zero-order chi connectivity index (χ0) is 11.4. The van der Waals surface area contributed by atoms with Crippen LogP contribution in [-0.2, 0) is 11.3 Å². The third-order valence-corrected chi connectivity index (χ3v) is 2.66. The number of ether oxygens (including phenoxy) is 1. The number of hydrogen-bond acceptors (Lipinski definition) is 4. The lowest BCUT2D eigenvalue weighted by atomic mass is 10.2. The van der Waals surface area contributed by atoms with E-state index in [1.165, 1.54) is 12.3 Å². The summed E-state index contributed by atoms with van der Waals surface area (Å²) in [5.41, 5.74) is 0.222. The van der Waals surface area contributed by atoms with E-state index < -0.39 is 5.97 Å². The highest BCUT2D eigenvalue weighted by molar-refractivity contribution is 5.88. The van der Waals surface area contributed by atoms with Crippen LogP contribution in [0.4, 0.5) is 0 Å². The third kappa shape index (κ3) is 2.62. The number of furan rings is 1. The van der Waals surface area contributed by atoms with Gasteiger partial charge >= 0.3 is 5.97 Å². The molecule has 0 radical (unpaired) electrons. The minimum Gasteiger partial charge on any atom is -0.478 e. The lowest BCUT2D eigenvalue weighted by Gasteiger charge is -2.09. The molecule has 5 nitrogen and oxygen atoms in total. The SMILES string of the molecule is O=C(O)c1ccoc1CNCC1CCCO1. The number of carboxylic acids is 1. The van der Waals surface area contributed by atoms with Crippen molar-refractivity contribution in [2.24, 2.45) is 0 Å². The Bertz CT molecular complexity index is 355. The molecular weight excluding hydrogens is 210 g/mol. The van der Waals surface area contributed by atoms with Gasteiger partial charge in [-0.3, -0.25) is 0 Å². The summed E-state index contributed by atoms with van der Waals surface area (Å²) < 4.78 is 10.5. The van der Waals surface area contributed by atoms with Crippen LogP contribution in [0, 0.1) is 0 Å². The monoisotopic (exact) mass is 225 g/mol. The van der Waals surface area contributed by atoms with Crippen LogP contribution in [-0.4, -0.2) is 30.3 Å². The minimum atomic E-state index is -0.956. The Morgan fingerprint density at radius 1 is 1.62 bits per heavy atom. The van der Waals surface area contributed by atoms with Crippen molar-refractivity contribution in [3.63, 3.8) is 0 Å². The second-order valence-electron chi connectivity index (χ2n) is 3.83. The number of nitrogens with one attached hydrogen (secondary N) is 1. The van der Waals surface area contributed by atoms with Crippen molar-refractivity contribution in [3.8, 4) is 0 Å². The molecular formula is C11H15NO4. The number of carboxylic acid groups (broad SMARTS) is 1. The molecule has 1 atom stereocenters. The molecule has 2 heterocycles. The summed E-state index contributed by atoms with van der Waals surface area (Å²) in [6, 6.07) is 1.46. The van der Waals surface area contributed by atoms with Gasteiger partial charge in [-0.2, -0.15) is 0 Å². The van der Waals surface area contributed by atoms with Gasteiger partial charge in [-0.05, 0) is 18.9 Å². The van der Waals surface area contributed by atoms with E-state index >= 15 is 0 Å². The van der Waals surface area contributed by atoms with Crippen molar-refractivity contribution in [1.82, 2.24) is 5.32 Å². The molecule has 1 fully saturated rings. The first-order valence-electron chi connectivity index (χ1n) is 5.39. The number of hydrogen-bond donors (Lipinski definition) is 2. The lowest BCUT2D eigenvalue weighted by Crippen LogP contribution is -2.26. The zero-order valence-corrected chi connectivity index (χ0v) is 8.94. The molecule has 0 bridgehead atoms. The Morgan fingerprint density at radius 2 is 2.50 bits per heavy atom. The van der Waals surface area contributed by atoms with Gasteiger partial charge in [-0.15, -0.1) is 0 Å². The molecule has 2 rings (SSSR count). The molecule has 0 spiro atoms. The van der Waals surface area contributed by atoms with E-state index in [0.717, 1.165) is 26.0 Å². The van der Waals surface area contributed by atoms with Gasteiger partial charge in [0.15, 0.2) is 0 Å². The van der Waals surface area contributed by atoms with Gasteiger partial charge in [0.05, 0.1) is 18.9 Å². The first-order valence-corrected chi connectivity index (χ1v) is 5.39. The van der Waals surface area contributed by atoms with E-state index in [4.69, 9.17) is 14.3 Å². The zero-order valence-electron chi connectivity index (χ0n) is 8.94. The van der Waals surface area contributed by atoms with Gasteiger partial charge in [-0.25, -0.2) is 4.79 Å². The van der Waals surface area contributed by atoms with Gasteiger partial charge in [-0.1, -0.05) is 0 Å². The molecule has 0 saturated carbocycles. The molecule has 1 aromatic rings. The van der Waals surface area contributed by atoms with E-state index in [1.807, 2.05) is 0 Å². The Morgan fingerprint density at radius 3 is 3.19 bits per heavy atom. The maximum Gasteiger partial charge on any atom is 0.339 e. The van der Waals surface area contributed by atoms with Crippen LogP contribution in [0.5, 0.6) is 0 Å². The molecule has 1 aromatic heterocycles. The van der Waals surface area contributed by atoms with Crippen molar-refractivity contribution in [2.75, 3.05) is 13.2 Å². The number of rotatable bonds is 5. The van der Waals surface area contributed by atoms with Crippen LogP contribution in [0.25, 0.3) is 0 Å². The van der Waals surface area contributed by atoms with Crippen molar-refractivity contribution >= 4 is 5.97 Å². The Balaban J connectivity index is 1.80. The second kappa shape index (κ2) is 5.14. The van der Waals surface area contributed by atoms with E-state index in [-0.39, 0.29) is 11.7 Å². The maximum atomic E-state index is 10.8. The molecule has 16 heavy (non-hydrogen) atoms. The molecule has 1 saturated heterocycles. The first-order chi connectivity index (χ1) is 7.77. The molecule has 1 aliphatic rings. The van der Waals surface area contributed by atoms with E-state index in [9.17, 15) is 4.79 Å². The molecule has 0 aliphatic carbocycles. The average molecular weight is 225 g/mol. The molecule has 5 heteroatoms. The number of carbonyl (C=O) groups is 1. The number of aromatic carboxylic acids is 1. The Labute approximate surface area is 93.4 Å². The van der Waals surface area contributed by atoms with Crippen LogP contribution in [0.15, 0.2) is 16.7 Å². The van der Waals surface area contributed by atoms with Crippen molar-refractivity contribution in [2.45, 2.75) is 25.5 Å². The summed E-state index contributed by atoms with van der Waals surface area (Å²) in [6.45, 7) is 1.99. The minimum absolute atomic E-state index is 0.222. The lowest BCUT2D eigenvalue weighted by molar-refractivity contribution is 0.0694. The van der Waals surface area contributed by atoms with Gasteiger partial charge in [0.2, 0.25) is 0 Å². The van der Waals surface area contributed by atoms with Crippen LogP contribution in [0.3, 0.4) is 0 Å². The van der Waals surface area contributed by atoms with E-state index in [2.05, 4.69) is 5.32 Å². The van der Waals surface area contributed by atoms with Crippen LogP contribution in [0.2, 0.25) is 0 Å². The normalized spacial score (nSPS) is 20.1. The largest absolute Gasteiger partial charge is 0.478 e. The third-order valence-electron chi connectivity index (χ3n) is 2.66. The smallest absolute Gasteiger partial charge is 0.339 e. The topological polar surface area (TPSA) is 71.7 Å². The average Bonchev–Trinajstić information content (AvgIpc) is 2.87. The Hall–Kier alpha value is -1.33. The molecule has 0 aromatic carbocycles. The molecule has 0 amide bonds. The van der Waals surface area contributed by atoms with Crippen LogP contribution < -0.4 is 5.32 Å². The molecule has 1 aliphatic heterocycles. The van der Waals surface area contributed by atoms with Crippen molar-refractivity contribution in [1.29, 1.82) is 0 Å². The predicted molar refractivity (Wildman–Crippen MR) is 56.3 cm³/mol. The molecule has 1 unspecified atom stereocenters. The highest BCUT2D eigenvalue weighted by Gasteiger charge is 2.16. The van der Waals surface area contributed by atoms with Gasteiger partial charge < -0.3 is 19.6 Å². The predicted octanol–water partition coefficient (Wildman–Crippen LogP) is 1.25. The summed E-state index contributed by atoms with van der Waals surface area (Å²) in [5.74, 6) is -0.492. The van der Waals surface area contributed by atoms with E-state index in [0.29, 0.717) is 12.3 Å². The van der Waals surface area contributed by atoms with Gasteiger partial charge in [0.1, 0.15) is 11.3 Å². The Kier molecular flexibility index (Phi) is 3.58. The summed E-state index contributed by atoms with van der Waals surface area (Å²) in [7, 11) is 0. The fourth-order valence-electron chi connectivity index (χ4n) is 1.82. The van der Waals surface area contributed by atoms with Gasteiger partial charge in [0, 0.05) is 13.2 Å². The van der Waals surface area contributed by atoms with Crippen molar-refractivity contribution < 1.29 is 19.1 Å². The summed E-state index contributed by atoms with van der Waals surface area (Å²) in [5, 5.41) is 12.0. The second-order valence-corrected chi connectivity index (χ2v) is 3.83. The van der Waals surface area contributed by atoms with Gasteiger partial charge in [0.25, 0.3) is 0 Å². The van der Waals surface area contributed by atoms with Crippen molar-refractivity contribution in [3.05, 3.63) is 23.7 Å².